The molecule has 0 aromatic heterocycles. The van der Waals surface area contributed by atoms with Gasteiger partial charge in [0.1, 0.15) is 66.4 Å². The zero-order chi connectivity index (χ0) is 103. The Morgan fingerprint density at radius 3 is 1.19 bits per heavy atom. The first-order valence-corrected chi connectivity index (χ1v) is 52.1. The number of ketones is 6. The van der Waals surface area contributed by atoms with E-state index in [-0.39, 0.29) is 134 Å². The van der Waals surface area contributed by atoms with Gasteiger partial charge in [0.15, 0.2) is 11.6 Å². The molecule has 0 radical (unpaired) electrons. The molecule has 30 nitrogen and oxygen atoms in total. The highest BCUT2D eigenvalue weighted by molar-refractivity contribution is 6.39. The number of cyclic esters (lactones) is 2. The summed E-state index contributed by atoms with van der Waals surface area (Å²) in [4.78, 5) is 145. The van der Waals surface area contributed by atoms with E-state index in [4.69, 9.17) is 66.3 Å². The van der Waals surface area contributed by atoms with Gasteiger partial charge in [0.25, 0.3) is 23.4 Å². The number of Topliss-reactive ketones (excluding diaryl/α,β-unsaturated/α-hetero) is 6. The van der Waals surface area contributed by atoms with Crippen LogP contribution in [0.1, 0.15) is 264 Å². The monoisotopic (exact) mass is 1970 g/mol. The minimum atomic E-state index is -2.43. The van der Waals surface area contributed by atoms with Crippen LogP contribution in [0.5, 0.6) is 0 Å². The SMILES string of the molecule is COC1CC(C[C@H](C)[C@@H]2CC(=O)[C@H](C)/C=C(\C)C(O)[C@@H](OC)C(=O)[C@H](C)C[C@H](C)/C=C/C=C/C=C(\C)[C@@H](OC)C[C@@H]3CC[C@@H](C)[C@@](O)(O3)C(=O)C(=O)N3CCCC[C@H]3C(=O)O2)CCC1OC1CCCOC1.COC1CC(C[C@H](C)[C@@H]2CC(=O)[C@H](C)/C=C(\C)C(O)[C@@H](OC)C(=O)[C@H](C)C[C@H](C)/C=C/C=C/C=C(\C)[C@@H](OC)C[C@@H]3CC[C@@H](C)[C@@](O)(O3)C(=O)C(=O)N3CCCC[C@H]3C(=O)O2)CCC1OC1COC1. The molecule has 140 heavy (non-hydrogen) atoms. The molecule has 30 heteroatoms. The Morgan fingerprint density at radius 1 is 0.421 bits per heavy atom. The van der Waals surface area contributed by atoms with Crippen molar-refractivity contribution in [3.63, 3.8) is 0 Å². The summed E-state index contributed by atoms with van der Waals surface area (Å²) in [5, 5.41) is 47.0. The number of carbonyl (C=O) groups is 10. The predicted octanol–water partition coefficient (Wildman–Crippen LogP) is 14.0. The number of ether oxygens (including phenoxy) is 14. The average molecular weight is 1970 g/mol. The molecule has 2 amide bonds. The number of hydrogen-bond acceptors (Lipinski definition) is 28. The fraction of sp³-hybridized carbons (Fsp3) is 0.764. The maximum atomic E-state index is 14.6. The van der Waals surface area contributed by atoms with Gasteiger partial charge in [0.05, 0.1) is 74.8 Å². The number of amides is 2. The molecule has 8 fully saturated rings. The predicted molar refractivity (Wildman–Crippen MR) is 526 cm³/mol. The lowest BCUT2D eigenvalue weighted by Gasteiger charge is -2.43. The van der Waals surface area contributed by atoms with Gasteiger partial charge in [0.2, 0.25) is 11.6 Å². The summed E-state index contributed by atoms with van der Waals surface area (Å²) in [6.45, 7) is 28.2. The minimum absolute atomic E-state index is 0.0203. The van der Waals surface area contributed by atoms with E-state index in [1.807, 2.05) is 116 Å². The topological polar surface area (TPSA) is 387 Å². The number of hydrogen-bond donors (Lipinski definition) is 4. The van der Waals surface area contributed by atoms with E-state index in [0.717, 1.165) is 56.3 Å². The molecule has 10 rings (SSSR count). The van der Waals surface area contributed by atoms with E-state index in [1.165, 1.54) is 24.0 Å². The van der Waals surface area contributed by atoms with Crippen LogP contribution >= 0.6 is 0 Å². The molecule has 4 bridgehead atoms. The molecule has 788 valence electrons. The molecule has 31 atom stereocenters. The van der Waals surface area contributed by atoms with Crippen molar-refractivity contribution in [2.75, 3.05) is 82.2 Å². The summed E-state index contributed by atoms with van der Waals surface area (Å²) in [7, 11) is 9.32. The molecular formula is C110H170N2O28. The van der Waals surface area contributed by atoms with Gasteiger partial charge in [-0.25, -0.2) is 9.59 Å². The summed E-state index contributed by atoms with van der Waals surface area (Å²) >= 11 is 0. The third kappa shape index (κ3) is 32.1. The number of carbonyl (C=O) groups excluding carboxylic acids is 10. The zero-order valence-corrected chi connectivity index (χ0v) is 87.4. The van der Waals surface area contributed by atoms with Gasteiger partial charge < -0.3 is 96.5 Å². The number of rotatable bonds is 16. The Bertz CT molecular complexity index is 4310. The third-order valence-electron chi connectivity index (χ3n) is 31.4. The maximum Gasteiger partial charge on any atom is 0.329 e. The van der Waals surface area contributed by atoms with Gasteiger partial charge >= 0.3 is 11.9 Å². The first kappa shape index (κ1) is 117. The zero-order valence-electron chi connectivity index (χ0n) is 87.4. The summed E-state index contributed by atoms with van der Waals surface area (Å²) in [6, 6.07) is -2.27. The number of fused-ring (bicyclic) bond motifs is 6. The average Bonchev–Trinajstić information content (AvgIpc) is 0.772. The van der Waals surface area contributed by atoms with Crippen LogP contribution in [0.2, 0.25) is 0 Å². The molecule has 9 unspecified atom stereocenters. The molecule has 2 aliphatic carbocycles. The molecule has 10 aliphatic rings. The Morgan fingerprint density at radius 2 is 0.821 bits per heavy atom. The fourth-order valence-electron chi connectivity index (χ4n) is 22.1. The number of aliphatic hydroxyl groups is 4. The van der Waals surface area contributed by atoms with Crippen molar-refractivity contribution >= 4 is 58.5 Å². The summed E-state index contributed by atoms with van der Waals surface area (Å²) < 4.78 is 83.6. The molecular weight excluding hydrogens is 1800 g/mol. The van der Waals surface area contributed by atoms with Crippen LogP contribution in [0.4, 0.5) is 0 Å². The van der Waals surface area contributed by atoms with Crippen molar-refractivity contribution in [3.8, 4) is 0 Å². The Kier molecular flexibility index (Phi) is 46.9. The lowest BCUT2D eigenvalue weighted by Crippen LogP contribution is -2.61. The summed E-state index contributed by atoms with van der Waals surface area (Å²) in [5.41, 5.74) is 2.56. The Labute approximate surface area is 832 Å². The number of methoxy groups -OCH3 is 6. The number of aliphatic hydroxyl groups excluding tert-OH is 2. The van der Waals surface area contributed by atoms with E-state index in [1.54, 1.807) is 82.1 Å². The fourth-order valence-corrected chi connectivity index (χ4v) is 22.1. The third-order valence-corrected chi connectivity index (χ3v) is 31.4. The van der Waals surface area contributed by atoms with Crippen LogP contribution < -0.4 is 0 Å². The van der Waals surface area contributed by atoms with Crippen molar-refractivity contribution in [1.82, 2.24) is 9.80 Å². The standard InChI is InChI=1S/C56H87NO14.C54H83NO14/c1-34-17-12-11-13-18-35(2)47(65-8)31-42-23-21-40(7)56(64,71-42)53(61)54(62)57-25-15-14-20-44(57)55(63)70-48(32-45(58)36(3)28-39(6)51(60)52(67-10)50(59)38(5)27-34)37(4)29-41-22-24-46(49(30-41)66-9)69-43-19-16-26-68-33-43;1-32-16-12-11-13-17-33(2)45(63-8)28-40-21-19-38(7)54(62,69-40)51(59)52(60)55-23-15-14-18-42(55)53(61)68-46(35(4)26-39-20-22-44(47(27-39)64-9)67-41-30-66-31-41)29-43(56)34(3)25-37(6)49(58)50(65-10)48(57)36(5)24-32/h11-13,17-18,28,34,36-38,40-44,46-49,51-52,60,64H,14-16,19-27,29-33H2,1-10H3;11-13,16-17,25,32,34-36,38-42,44-47,49-50,58,62H,14-15,18-24,26-31H2,1-10H3/b13-11+,17-12+,35-18+,39-28+;13-11+,16-12+,33-17+,37-25+/t34-,36-,37+,38-,40-,41?,42+,43?,44+,46?,47+,48+,49?,51?,52+,56-;32-,34-,35+,36-,38-,39?,40+,42+,44?,45+,46+,47?,49?,50+,54-/m11/s1. The van der Waals surface area contributed by atoms with E-state index in [0.29, 0.717) is 134 Å². The van der Waals surface area contributed by atoms with Gasteiger partial charge in [-0.2, -0.15) is 0 Å². The molecule has 6 saturated heterocycles. The smallest absolute Gasteiger partial charge is 0.329 e. The minimum Gasteiger partial charge on any atom is -0.460 e. The second-order valence-corrected chi connectivity index (χ2v) is 42.4. The number of nitrogens with zero attached hydrogens (tertiary/aromatic N) is 2. The van der Waals surface area contributed by atoms with Gasteiger partial charge in [-0.15, -0.1) is 0 Å². The first-order valence-electron chi connectivity index (χ1n) is 52.1. The van der Waals surface area contributed by atoms with Crippen molar-refractivity contribution in [3.05, 3.63) is 95.2 Å². The molecule has 8 heterocycles. The van der Waals surface area contributed by atoms with Gasteiger partial charge in [-0.3, -0.25) is 38.4 Å². The molecule has 0 spiro atoms. The molecule has 8 aliphatic heterocycles. The van der Waals surface area contributed by atoms with Gasteiger partial charge in [-0.05, 0) is 227 Å². The molecule has 2 saturated carbocycles. The second kappa shape index (κ2) is 56.2. The highest BCUT2D eigenvalue weighted by Crippen LogP contribution is 2.43. The van der Waals surface area contributed by atoms with Gasteiger partial charge in [0, 0.05) is 124 Å². The van der Waals surface area contributed by atoms with Crippen LogP contribution in [-0.4, -0.2) is 292 Å². The highest BCUT2D eigenvalue weighted by atomic mass is 16.7. The number of allylic oxidation sites excluding steroid dienone is 12. The van der Waals surface area contributed by atoms with Crippen LogP contribution in [-0.2, 0) is 114 Å². The second-order valence-electron chi connectivity index (χ2n) is 42.4. The van der Waals surface area contributed by atoms with Crippen LogP contribution in [0, 0.1) is 71.0 Å². The summed E-state index contributed by atoms with van der Waals surface area (Å²) in [5.74, 6) is -15.6. The van der Waals surface area contributed by atoms with Crippen LogP contribution in [0.25, 0.3) is 0 Å². The first-order chi connectivity index (χ1) is 66.6. The van der Waals surface area contributed by atoms with E-state index < -0.39 is 156 Å². The van der Waals surface area contributed by atoms with Crippen LogP contribution in [0.15, 0.2) is 95.2 Å². The molecule has 0 aromatic rings. The van der Waals surface area contributed by atoms with Gasteiger partial charge in [-0.1, -0.05) is 142 Å². The van der Waals surface area contributed by atoms with Crippen molar-refractivity contribution in [1.29, 1.82) is 0 Å². The Balaban J connectivity index is 0.000000313. The van der Waals surface area contributed by atoms with E-state index in [2.05, 4.69) is 0 Å². The maximum absolute atomic E-state index is 14.6. The molecule has 0 aromatic carbocycles. The van der Waals surface area contributed by atoms with Crippen molar-refractivity contribution in [2.45, 2.75) is 385 Å². The van der Waals surface area contributed by atoms with E-state index >= 15 is 0 Å². The molecule has 4 N–H and O–H groups in total. The summed E-state index contributed by atoms with van der Waals surface area (Å²) in [6.07, 6.45) is 27.1. The van der Waals surface area contributed by atoms with Crippen molar-refractivity contribution in [2.24, 2.45) is 71.0 Å². The normalized spacial score (nSPS) is 40.2. The van der Waals surface area contributed by atoms with E-state index in [9.17, 15) is 68.4 Å². The van der Waals surface area contributed by atoms with Crippen LogP contribution in [0.3, 0.4) is 0 Å². The highest BCUT2D eigenvalue weighted by Gasteiger charge is 2.56. The van der Waals surface area contributed by atoms with Crippen molar-refractivity contribution < 1.29 is 135 Å². The number of esters is 2. The lowest BCUT2D eigenvalue weighted by molar-refractivity contribution is -0.265. The lowest BCUT2D eigenvalue weighted by atomic mass is 9.78. The Hall–Kier alpha value is -6.82. The largest absolute Gasteiger partial charge is 0.460 e. The number of piperidine rings is 2. The quantitative estimate of drug-likeness (QED) is 0.0633.